The average Bonchev–Trinajstić information content (AvgIpc) is 3.34. The maximum atomic E-state index is 12.2. The summed E-state index contributed by atoms with van der Waals surface area (Å²) in [6.07, 6.45) is -0.595. The van der Waals surface area contributed by atoms with Crippen molar-refractivity contribution >= 4 is 5.78 Å². The zero-order valence-electron chi connectivity index (χ0n) is 11.9. The Morgan fingerprint density at radius 3 is 2.38 bits per heavy atom. The van der Waals surface area contributed by atoms with E-state index >= 15 is 0 Å². The molecule has 1 saturated heterocycles. The van der Waals surface area contributed by atoms with E-state index in [1.165, 1.54) is 0 Å². The van der Waals surface area contributed by atoms with Crippen molar-refractivity contribution in [3.05, 3.63) is 71.8 Å². The summed E-state index contributed by atoms with van der Waals surface area (Å²) in [6, 6.07) is 19.2. The number of carbonyl (C=O) groups is 1. The van der Waals surface area contributed by atoms with Crippen LogP contribution in [0.1, 0.15) is 22.8 Å². The van der Waals surface area contributed by atoms with E-state index in [-0.39, 0.29) is 24.1 Å². The van der Waals surface area contributed by atoms with Gasteiger partial charge in [0, 0.05) is 5.56 Å². The van der Waals surface area contributed by atoms with Gasteiger partial charge in [0.1, 0.15) is 12.2 Å². The Balaban J connectivity index is 1.52. The van der Waals surface area contributed by atoms with Crippen molar-refractivity contribution in [3.63, 3.8) is 0 Å². The number of ketones is 1. The van der Waals surface area contributed by atoms with Gasteiger partial charge in [-0.2, -0.15) is 0 Å². The van der Waals surface area contributed by atoms with Crippen LogP contribution in [0, 0.1) is 0 Å². The summed E-state index contributed by atoms with van der Waals surface area (Å²) in [4.78, 5) is 12.2. The molecule has 3 atom stereocenters. The van der Waals surface area contributed by atoms with Crippen LogP contribution < -0.4 is 0 Å². The third-order valence-corrected chi connectivity index (χ3v) is 3.66. The molecule has 108 valence electrons. The van der Waals surface area contributed by atoms with Gasteiger partial charge in [0.15, 0.2) is 5.78 Å². The Kier molecular flexibility index (Phi) is 4.13. The van der Waals surface area contributed by atoms with Crippen molar-refractivity contribution in [1.82, 2.24) is 0 Å². The maximum absolute atomic E-state index is 12.2. The standard InChI is InChI=1S/C18H18O3/c1-13(20-12-14-8-4-2-5-9-14)17-18(21-17)16(19)15-10-6-3-7-11-15/h2-11,13,17-18H,12H2,1H3. The van der Waals surface area contributed by atoms with Gasteiger partial charge in [-0.3, -0.25) is 4.79 Å². The predicted molar refractivity (Wildman–Crippen MR) is 80.1 cm³/mol. The monoisotopic (exact) mass is 282 g/mol. The van der Waals surface area contributed by atoms with Crippen molar-refractivity contribution in [2.75, 3.05) is 0 Å². The number of rotatable bonds is 6. The van der Waals surface area contributed by atoms with E-state index in [1.807, 2.05) is 67.6 Å². The molecule has 3 nitrogen and oxygen atoms in total. The SMILES string of the molecule is CC(OCc1ccccc1)C1OC1C(=O)c1ccccc1. The van der Waals surface area contributed by atoms with Crippen LogP contribution >= 0.6 is 0 Å². The largest absolute Gasteiger partial charge is 0.371 e. The lowest BCUT2D eigenvalue weighted by atomic mass is 10.1. The van der Waals surface area contributed by atoms with Crippen molar-refractivity contribution in [3.8, 4) is 0 Å². The third kappa shape index (κ3) is 3.38. The molecule has 2 aromatic rings. The first-order valence-electron chi connectivity index (χ1n) is 7.16. The van der Waals surface area contributed by atoms with Crippen LogP contribution in [0.4, 0.5) is 0 Å². The lowest BCUT2D eigenvalue weighted by Crippen LogP contribution is -2.21. The first kappa shape index (κ1) is 14.0. The van der Waals surface area contributed by atoms with Gasteiger partial charge in [0.25, 0.3) is 0 Å². The first-order chi connectivity index (χ1) is 10.3. The van der Waals surface area contributed by atoms with Gasteiger partial charge < -0.3 is 9.47 Å². The van der Waals surface area contributed by atoms with Crippen molar-refractivity contribution < 1.29 is 14.3 Å². The maximum Gasteiger partial charge on any atom is 0.194 e. The van der Waals surface area contributed by atoms with Crippen molar-refractivity contribution in [2.45, 2.75) is 31.8 Å². The molecule has 0 bridgehead atoms. The van der Waals surface area contributed by atoms with E-state index in [0.29, 0.717) is 12.2 Å². The quantitative estimate of drug-likeness (QED) is 0.603. The summed E-state index contributed by atoms with van der Waals surface area (Å²) in [5.41, 5.74) is 1.82. The summed E-state index contributed by atoms with van der Waals surface area (Å²) in [5.74, 6) is 0.0377. The minimum Gasteiger partial charge on any atom is -0.371 e. The molecule has 0 aromatic heterocycles. The highest BCUT2D eigenvalue weighted by Crippen LogP contribution is 2.30. The topological polar surface area (TPSA) is 38.8 Å². The molecule has 3 heteroatoms. The molecule has 0 amide bonds. The van der Waals surface area contributed by atoms with Crippen molar-refractivity contribution in [2.24, 2.45) is 0 Å². The fourth-order valence-electron chi connectivity index (χ4n) is 2.36. The van der Waals surface area contributed by atoms with Gasteiger partial charge >= 0.3 is 0 Å². The van der Waals surface area contributed by atoms with E-state index in [2.05, 4.69) is 0 Å². The highest BCUT2D eigenvalue weighted by atomic mass is 16.6. The highest BCUT2D eigenvalue weighted by molar-refractivity contribution is 6.01. The van der Waals surface area contributed by atoms with Crippen LogP contribution in [0.2, 0.25) is 0 Å². The number of Topliss-reactive ketones (excluding diaryl/α,β-unsaturated/α-hetero) is 1. The zero-order chi connectivity index (χ0) is 14.7. The van der Waals surface area contributed by atoms with E-state index in [0.717, 1.165) is 5.56 Å². The summed E-state index contributed by atoms with van der Waals surface area (Å²) in [6.45, 7) is 2.49. The molecule has 1 fully saturated rings. The third-order valence-electron chi connectivity index (χ3n) is 3.66. The highest BCUT2D eigenvalue weighted by Gasteiger charge is 2.48. The van der Waals surface area contributed by atoms with Crippen LogP contribution in [0.25, 0.3) is 0 Å². The Labute approximate surface area is 124 Å². The molecule has 0 radical (unpaired) electrons. The average molecular weight is 282 g/mol. The zero-order valence-corrected chi connectivity index (χ0v) is 11.9. The normalized spacial score (nSPS) is 21.8. The number of benzene rings is 2. The second kappa shape index (κ2) is 6.20. The minimum absolute atomic E-state index is 0.0377. The van der Waals surface area contributed by atoms with E-state index in [4.69, 9.17) is 9.47 Å². The molecule has 0 aliphatic carbocycles. The molecule has 1 aliphatic rings. The summed E-state index contributed by atoms with van der Waals surface area (Å²) >= 11 is 0. The number of carbonyl (C=O) groups excluding carboxylic acids is 1. The molecule has 0 N–H and O–H groups in total. The molecular weight excluding hydrogens is 264 g/mol. The number of hydrogen-bond acceptors (Lipinski definition) is 3. The van der Waals surface area contributed by atoms with Crippen LogP contribution in [-0.2, 0) is 16.1 Å². The molecule has 0 saturated carbocycles. The fourth-order valence-corrected chi connectivity index (χ4v) is 2.36. The lowest BCUT2D eigenvalue weighted by Gasteiger charge is -2.10. The second-order valence-corrected chi connectivity index (χ2v) is 5.25. The van der Waals surface area contributed by atoms with Crippen molar-refractivity contribution in [1.29, 1.82) is 0 Å². The van der Waals surface area contributed by atoms with Crippen LogP contribution in [-0.4, -0.2) is 24.1 Å². The van der Waals surface area contributed by atoms with Gasteiger partial charge in [-0.1, -0.05) is 60.7 Å². The second-order valence-electron chi connectivity index (χ2n) is 5.25. The van der Waals surface area contributed by atoms with Gasteiger partial charge in [-0.25, -0.2) is 0 Å². The summed E-state index contributed by atoms with van der Waals surface area (Å²) in [5, 5.41) is 0. The molecule has 21 heavy (non-hydrogen) atoms. The number of epoxide rings is 1. The molecule has 1 aliphatic heterocycles. The van der Waals surface area contributed by atoms with E-state index in [1.54, 1.807) is 0 Å². The molecular formula is C18H18O3. The molecule has 2 aromatic carbocycles. The van der Waals surface area contributed by atoms with Gasteiger partial charge in [0.2, 0.25) is 0 Å². The van der Waals surface area contributed by atoms with Crippen LogP contribution in [0.15, 0.2) is 60.7 Å². The van der Waals surface area contributed by atoms with Gasteiger partial charge in [-0.05, 0) is 12.5 Å². The molecule has 3 rings (SSSR count). The predicted octanol–water partition coefficient (Wildman–Crippen LogP) is 3.24. The van der Waals surface area contributed by atoms with Gasteiger partial charge in [0.05, 0.1) is 12.7 Å². The molecule has 3 unspecified atom stereocenters. The number of hydrogen-bond donors (Lipinski definition) is 0. The van der Waals surface area contributed by atoms with E-state index in [9.17, 15) is 4.79 Å². The Bertz CT molecular complexity index is 594. The van der Waals surface area contributed by atoms with Crippen LogP contribution in [0.3, 0.4) is 0 Å². The van der Waals surface area contributed by atoms with E-state index < -0.39 is 0 Å². The minimum atomic E-state index is -0.363. The molecule has 1 heterocycles. The fraction of sp³-hybridized carbons (Fsp3) is 0.278. The Hall–Kier alpha value is -1.97. The summed E-state index contributed by atoms with van der Waals surface area (Å²) in [7, 11) is 0. The first-order valence-corrected chi connectivity index (χ1v) is 7.16. The lowest BCUT2D eigenvalue weighted by molar-refractivity contribution is 0.0340. The summed E-state index contributed by atoms with van der Waals surface area (Å²) < 4.78 is 11.3. The Morgan fingerprint density at radius 2 is 1.71 bits per heavy atom. The molecule has 0 spiro atoms. The van der Waals surface area contributed by atoms with Gasteiger partial charge in [-0.15, -0.1) is 0 Å². The number of ether oxygens (including phenoxy) is 2. The smallest absolute Gasteiger partial charge is 0.194 e. The van der Waals surface area contributed by atoms with Crippen LogP contribution in [0.5, 0.6) is 0 Å². The Morgan fingerprint density at radius 1 is 1.10 bits per heavy atom.